The molecular weight excluding hydrogens is 316 g/mol. The van der Waals surface area contributed by atoms with Gasteiger partial charge in [-0.25, -0.2) is 8.42 Å². The van der Waals surface area contributed by atoms with Crippen LogP contribution in [0, 0.1) is 0 Å². The van der Waals surface area contributed by atoms with E-state index < -0.39 is 15.7 Å². The van der Waals surface area contributed by atoms with E-state index in [1.54, 1.807) is 18.2 Å². The van der Waals surface area contributed by atoms with Gasteiger partial charge in [0.15, 0.2) is 15.6 Å². The zero-order valence-electron chi connectivity index (χ0n) is 12.9. The van der Waals surface area contributed by atoms with E-state index in [0.29, 0.717) is 18.7 Å². The van der Waals surface area contributed by atoms with Crippen LogP contribution < -0.4 is 10.6 Å². The van der Waals surface area contributed by atoms with Crippen LogP contribution in [0.5, 0.6) is 0 Å². The van der Waals surface area contributed by atoms with Gasteiger partial charge >= 0.3 is 0 Å². The van der Waals surface area contributed by atoms with Gasteiger partial charge in [-0.05, 0) is 24.7 Å². The second-order valence-electron chi connectivity index (χ2n) is 4.96. The lowest BCUT2D eigenvalue weighted by molar-refractivity contribution is 0.0925. The van der Waals surface area contributed by atoms with E-state index in [1.165, 1.54) is 24.5 Å². The highest BCUT2D eigenvalue weighted by molar-refractivity contribution is 7.90. The lowest BCUT2D eigenvalue weighted by atomic mass is 10.2. The Morgan fingerprint density at radius 1 is 1.13 bits per heavy atom. The fourth-order valence-corrected chi connectivity index (χ4v) is 3.46. The highest BCUT2D eigenvalue weighted by atomic mass is 32.2. The van der Waals surface area contributed by atoms with E-state index in [2.05, 4.69) is 10.6 Å². The number of hydrogen-bond donors (Lipinski definition) is 2. The van der Waals surface area contributed by atoms with Gasteiger partial charge in [0, 0.05) is 18.7 Å². The first-order valence-electron chi connectivity index (χ1n) is 7.37. The molecule has 0 bridgehead atoms. The Morgan fingerprint density at radius 3 is 2.57 bits per heavy atom. The average molecular weight is 336 g/mol. The number of sulfone groups is 1. The Morgan fingerprint density at radius 2 is 1.87 bits per heavy atom. The smallest absolute Gasteiger partial charge is 0.287 e. The number of nitrogens with one attached hydrogen (secondary N) is 2. The minimum absolute atomic E-state index is 0.0426. The number of hydrogen-bond acceptors (Lipinski definition) is 5. The molecule has 1 heterocycles. The van der Waals surface area contributed by atoms with Crippen molar-refractivity contribution in [2.45, 2.75) is 17.6 Å². The molecule has 23 heavy (non-hydrogen) atoms. The maximum atomic E-state index is 12.4. The lowest BCUT2D eigenvalue weighted by Gasteiger charge is -2.06. The maximum Gasteiger partial charge on any atom is 0.287 e. The van der Waals surface area contributed by atoms with Crippen molar-refractivity contribution in [2.75, 3.05) is 19.6 Å². The summed E-state index contributed by atoms with van der Waals surface area (Å²) < 4.78 is 29.9. The summed E-state index contributed by atoms with van der Waals surface area (Å²) in [6, 6.07) is 9.66. The summed E-state index contributed by atoms with van der Waals surface area (Å²) in [4.78, 5) is 12.3. The third-order valence-corrected chi connectivity index (χ3v) is 4.92. The van der Waals surface area contributed by atoms with Gasteiger partial charge in [0.2, 0.25) is 0 Å². The minimum Gasteiger partial charge on any atom is -0.459 e. The summed E-state index contributed by atoms with van der Waals surface area (Å²) in [5.74, 6) is -0.643. The second-order valence-corrected chi connectivity index (χ2v) is 6.95. The quantitative estimate of drug-likeness (QED) is 0.715. The summed E-state index contributed by atoms with van der Waals surface area (Å²) in [6.45, 7) is 3.87. The van der Waals surface area contributed by atoms with E-state index in [0.717, 1.165) is 6.54 Å². The van der Waals surface area contributed by atoms with Gasteiger partial charge in [-0.3, -0.25) is 4.79 Å². The van der Waals surface area contributed by atoms with Crippen molar-refractivity contribution in [3.05, 3.63) is 54.0 Å². The first-order chi connectivity index (χ1) is 11.0. The van der Waals surface area contributed by atoms with Crippen molar-refractivity contribution >= 4 is 15.7 Å². The van der Waals surface area contributed by atoms with Crippen molar-refractivity contribution in [2.24, 2.45) is 0 Å². The Bertz CT molecular complexity index is 738. The van der Waals surface area contributed by atoms with Crippen LogP contribution in [0.2, 0.25) is 0 Å². The van der Waals surface area contributed by atoms with Crippen molar-refractivity contribution in [1.29, 1.82) is 0 Å². The summed E-state index contributed by atoms with van der Waals surface area (Å²) in [6.07, 6.45) is 1.33. The highest BCUT2D eigenvalue weighted by Gasteiger charge is 2.22. The monoisotopic (exact) mass is 336 g/mol. The normalized spacial score (nSPS) is 11.3. The predicted octanol–water partition coefficient (Wildman–Crippen LogP) is 1.59. The lowest BCUT2D eigenvalue weighted by Crippen LogP contribution is -2.32. The first-order valence-corrected chi connectivity index (χ1v) is 9.03. The van der Waals surface area contributed by atoms with Crippen LogP contribution in [0.15, 0.2) is 52.0 Å². The molecule has 1 aromatic heterocycles. The molecule has 0 saturated heterocycles. The third kappa shape index (κ3) is 4.67. The van der Waals surface area contributed by atoms with E-state index in [9.17, 15) is 13.2 Å². The van der Waals surface area contributed by atoms with Crippen molar-refractivity contribution in [3.63, 3.8) is 0 Å². The summed E-state index contributed by atoms with van der Waals surface area (Å²) >= 11 is 0. The first kappa shape index (κ1) is 17.2. The largest absolute Gasteiger partial charge is 0.459 e. The molecule has 2 N–H and O–H groups in total. The molecule has 0 fully saturated rings. The van der Waals surface area contributed by atoms with E-state index in [4.69, 9.17) is 4.42 Å². The van der Waals surface area contributed by atoms with Gasteiger partial charge < -0.3 is 15.1 Å². The van der Waals surface area contributed by atoms with Crippen LogP contribution in [-0.2, 0) is 15.6 Å². The molecule has 2 rings (SSSR count). The van der Waals surface area contributed by atoms with Gasteiger partial charge in [-0.1, -0.05) is 25.1 Å². The summed E-state index contributed by atoms with van der Waals surface area (Å²) in [5.41, 5.74) is 0.356. The van der Waals surface area contributed by atoms with E-state index in [1.807, 2.05) is 6.92 Å². The van der Waals surface area contributed by atoms with Crippen LogP contribution in [0.1, 0.15) is 23.0 Å². The fourth-order valence-electron chi connectivity index (χ4n) is 2.09. The molecule has 0 unspecified atom stereocenters. The topological polar surface area (TPSA) is 88.4 Å². The average Bonchev–Trinajstić information content (AvgIpc) is 3.00. The van der Waals surface area contributed by atoms with Gasteiger partial charge in [0.05, 0.1) is 16.9 Å². The Labute approximate surface area is 135 Å². The summed E-state index contributed by atoms with van der Waals surface area (Å²) in [7, 11) is -3.52. The van der Waals surface area contributed by atoms with Crippen molar-refractivity contribution in [1.82, 2.24) is 10.6 Å². The SMILES string of the molecule is CCNCCNC(=O)c1occc1CS(=O)(=O)c1ccccc1. The Hall–Kier alpha value is -2.12. The minimum atomic E-state index is -3.52. The number of likely N-dealkylation sites (N-methyl/N-ethyl adjacent to an activating group) is 1. The number of benzene rings is 1. The van der Waals surface area contributed by atoms with E-state index >= 15 is 0 Å². The van der Waals surface area contributed by atoms with Crippen molar-refractivity contribution < 1.29 is 17.6 Å². The molecule has 2 aromatic rings. The van der Waals surface area contributed by atoms with E-state index in [-0.39, 0.29) is 16.4 Å². The van der Waals surface area contributed by atoms with Gasteiger partial charge in [-0.2, -0.15) is 0 Å². The zero-order valence-corrected chi connectivity index (χ0v) is 13.7. The molecule has 7 heteroatoms. The Kier molecular flexibility index (Phi) is 5.95. The molecule has 0 aliphatic rings. The van der Waals surface area contributed by atoms with Crippen LogP contribution in [0.3, 0.4) is 0 Å². The maximum absolute atomic E-state index is 12.4. The molecular formula is C16H20N2O4S. The molecule has 0 aliphatic heterocycles. The summed E-state index contributed by atoms with van der Waals surface area (Å²) in [5, 5.41) is 5.78. The number of rotatable bonds is 8. The second kappa shape index (κ2) is 7.94. The van der Waals surface area contributed by atoms with Gasteiger partial charge in [0.25, 0.3) is 5.91 Å². The van der Waals surface area contributed by atoms with Gasteiger partial charge in [0.1, 0.15) is 0 Å². The van der Waals surface area contributed by atoms with Crippen LogP contribution in [-0.4, -0.2) is 34.0 Å². The molecule has 1 amide bonds. The zero-order chi connectivity index (χ0) is 16.7. The number of carbonyl (C=O) groups excluding carboxylic acids is 1. The molecule has 0 saturated carbocycles. The standard InChI is InChI=1S/C16H20N2O4S/c1-2-17-9-10-18-16(19)15-13(8-11-22-15)12-23(20,21)14-6-4-3-5-7-14/h3-8,11,17H,2,9-10,12H2,1H3,(H,18,19). The third-order valence-electron chi connectivity index (χ3n) is 3.24. The van der Waals surface area contributed by atoms with Crippen LogP contribution >= 0.6 is 0 Å². The number of furan rings is 1. The number of amides is 1. The van der Waals surface area contributed by atoms with Crippen LogP contribution in [0.4, 0.5) is 0 Å². The molecule has 0 atom stereocenters. The van der Waals surface area contributed by atoms with Crippen LogP contribution in [0.25, 0.3) is 0 Å². The van der Waals surface area contributed by atoms with Gasteiger partial charge in [-0.15, -0.1) is 0 Å². The molecule has 124 valence electrons. The number of carbonyl (C=O) groups is 1. The Balaban J connectivity index is 2.08. The molecule has 1 aromatic carbocycles. The molecule has 0 radical (unpaired) electrons. The highest BCUT2D eigenvalue weighted by Crippen LogP contribution is 2.19. The fraction of sp³-hybridized carbons (Fsp3) is 0.312. The predicted molar refractivity (Wildman–Crippen MR) is 86.9 cm³/mol. The molecule has 6 nitrogen and oxygen atoms in total. The van der Waals surface area contributed by atoms with Crippen molar-refractivity contribution in [3.8, 4) is 0 Å². The molecule has 0 spiro atoms. The molecule has 0 aliphatic carbocycles.